The van der Waals surface area contributed by atoms with Crippen LogP contribution in [0, 0.1) is 5.92 Å². The first-order chi connectivity index (χ1) is 6.74. The molecule has 0 aliphatic heterocycles. The Morgan fingerprint density at radius 1 is 1.14 bits per heavy atom. The third-order valence-corrected chi connectivity index (χ3v) is 3.03. The normalized spacial score (nSPS) is 13.5. The number of halogens is 1. The molecule has 0 saturated heterocycles. The number of unbranched alkanes of at least 4 members (excludes halogenated alkanes) is 1. The summed E-state index contributed by atoms with van der Waals surface area (Å²) < 4.78 is 0. The van der Waals surface area contributed by atoms with Crippen LogP contribution in [0.2, 0.25) is 0 Å². The first-order valence-electron chi connectivity index (χ1n) is 6.02. The molecular weight excluding hydrogens is 194 g/mol. The zero-order chi connectivity index (χ0) is 10.8. The summed E-state index contributed by atoms with van der Waals surface area (Å²) >= 11 is 5.72. The Morgan fingerprint density at radius 2 is 1.86 bits per heavy atom. The monoisotopic (exact) mass is 219 g/mol. The minimum absolute atomic E-state index is 0.781. The van der Waals surface area contributed by atoms with Gasteiger partial charge < -0.3 is 4.90 Å². The molecule has 0 aliphatic carbocycles. The topological polar surface area (TPSA) is 3.24 Å². The number of hydrogen-bond acceptors (Lipinski definition) is 1. The maximum absolute atomic E-state index is 5.72. The van der Waals surface area contributed by atoms with Gasteiger partial charge in [0.2, 0.25) is 0 Å². The van der Waals surface area contributed by atoms with Crippen molar-refractivity contribution in [2.24, 2.45) is 5.92 Å². The molecule has 0 N–H and O–H groups in total. The number of rotatable bonds is 9. The van der Waals surface area contributed by atoms with E-state index in [-0.39, 0.29) is 0 Å². The fourth-order valence-electron chi connectivity index (χ4n) is 1.54. The highest BCUT2D eigenvalue weighted by atomic mass is 35.5. The Balaban J connectivity index is 3.50. The van der Waals surface area contributed by atoms with E-state index in [2.05, 4.69) is 25.7 Å². The number of alkyl halides is 1. The fraction of sp³-hybridized carbons (Fsp3) is 1.00. The van der Waals surface area contributed by atoms with Crippen molar-refractivity contribution in [3.63, 3.8) is 0 Å². The third kappa shape index (κ3) is 7.64. The summed E-state index contributed by atoms with van der Waals surface area (Å²) in [7, 11) is 0. The molecule has 0 fully saturated rings. The Labute approximate surface area is 94.8 Å². The number of nitrogens with zero attached hydrogens (tertiary/aromatic N) is 1. The first kappa shape index (κ1) is 14.2. The van der Waals surface area contributed by atoms with Crippen LogP contribution in [0.5, 0.6) is 0 Å². The predicted molar refractivity (Wildman–Crippen MR) is 66.1 cm³/mol. The van der Waals surface area contributed by atoms with Gasteiger partial charge >= 0.3 is 0 Å². The molecule has 86 valence electrons. The van der Waals surface area contributed by atoms with Crippen LogP contribution in [0.3, 0.4) is 0 Å². The van der Waals surface area contributed by atoms with E-state index in [4.69, 9.17) is 11.6 Å². The molecule has 1 nitrogen and oxygen atoms in total. The summed E-state index contributed by atoms with van der Waals surface area (Å²) in [6.07, 6.45) is 5.09. The molecule has 0 aromatic carbocycles. The average molecular weight is 220 g/mol. The van der Waals surface area contributed by atoms with Crippen molar-refractivity contribution in [1.29, 1.82) is 0 Å². The summed E-state index contributed by atoms with van der Waals surface area (Å²) in [6, 6.07) is 0. The second-order valence-electron chi connectivity index (χ2n) is 4.16. The zero-order valence-corrected chi connectivity index (χ0v) is 10.8. The van der Waals surface area contributed by atoms with Crippen LogP contribution in [0.25, 0.3) is 0 Å². The van der Waals surface area contributed by atoms with Gasteiger partial charge in [-0.3, -0.25) is 0 Å². The molecule has 0 heterocycles. The van der Waals surface area contributed by atoms with Gasteiger partial charge in [0, 0.05) is 5.88 Å². The van der Waals surface area contributed by atoms with Crippen molar-refractivity contribution in [1.82, 2.24) is 4.90 Å². The van der Waals surface area contributed by atoms with Crippen molar-refractivity contribution < 1.29 is 0 Å². The predicted octanol–water partition coefficient (Wildman–Crippen LogP) is 3.76. The van der Waals surface area contributed by atoms with Crippen molar-refractivity contribution in [3.8, 4) is 0 Å². The molecule has 1 unspecified atom stereocenters. The molecule has 0 spiro atoms. The fourth-order valence-corrected chi connectivity index (χ4v) is 1.92. The molecule has 1 atom stereocenters. The average Bonchev–Trinajstić information content (AvgIpc) is 2.19. The van der Waals surface area contributed by atoms with Crippen LogP contribution in [-0.4, -0.2) is 30.4 Å². The lowest BCUT2D eigenvalue weighted by molar-refractivity contribution is 0.261. The van der Waals surface area contributed by atoms with Crippen LogP contribution < -0.4 is 0 Å². The minimum Gasteiger partial charge on any atom is -0.304 e. The highest BCUT2D eigenvalue weighted by Crippen LogP contribution is 2.09. The lowest BCUT2D eigenvalue weighted by Gasteiger charge is -2.21. The lowest BCUT2D eigenvalue weighted by Crippen LogP contribution is -2.26. The van der Waals surface area contributed by atoms with Gasteiger partial charge in [-0.1, -0.05) is 27.2 Å². The maximum Gasteiger partial charge on any atom is 0.0225 e. The van der Waals surface area contributed by atoms with E-state index >= 15 is 0 Å². The molecule has 0 aromatic heterocycles. The maximum atomic E-state index is 5.72. The van der Waals surface area contributed by atoms with Gasteiger partial charge in [-0.25, -0.2) is 0 Å². The van der Waals surface area contributed by atoms with Gasteiger partial charge in [0.1, 0.15) is 0 Å². The van der Waals surface area contributed by atoms with Gasteiger partial charge in [0.05, 0.1) is 0 Å². The molecule has 0 aromatic rings. The van der Waals surface area contributed by atoms with E-state index in [0.29, 0.717) is 0 Å². The molecule has 0 radical (unpaired) electrons. The van der Waals surface area contributed by atoms with Crippen LogP contribution in [0.1, 0.15) is 46.5 Å². The summed E-state index contributed by atoms with van der Waals surface area (Å²) in [5.74, 6) is 1.59. The van der Waals surface area contributed by atoms with Gasteiger partial charge in [0.25, 0.3) is 0 Å². The van der Waals surface area contributed by atoms with Crippen LogP contribution in [0.4, 0.5) is 0 Å². The van der Waals surface area contributed by atoms with Crippen molar-refractivity contribution in [2.75, 3.05) is 25.5 Å². The summed E-state index contributed by atoms with van der Waals surface area (Å²) in [5.41, 5.74) is 0. The Hall–Kier alpha value is 0.250. The van der Waals surface area contributed by atoms with Crippen LogP contribution >= 0.6 is 11.6 Å². The van der Waals surface area contributed by atoms with E-state index in [1.54, 1.807) is 0 Å². The van der Waals surface area contributed by atoms with Crippen molar-refractivity contribution >= 4 is 11.6 Å². The largest absolute Gasteiger partial charge is 0.304 e. The molecule has 0 bridgehead atoms. The zero-order valence-electron chi connectivity index (χ0n) is 10.1. The summed E-state index contributed by atoms with van der Waals surface area (Å²) in [4.78, 5) is 2.55. The summed E-state index contributed by atoms with van der Waals surface area (Å²) in [6.45, 7) is 10.5. The SMILES string of the molecule is CCCCN(CC)CCC(C)CCCl. The Morgan fingerprint density at radius 3 is 2.36 bits per heavy atom. The standard InChI is InChI=1S/C12H26ClN/c1-4-6-10-14(5-2)11-8-12(3)7-9-13/h12H,4-11H2,1-3H3. The van der Waals surface area contributed by atoms with Gasteiger partial charge in [-0.2, -0.15) is 0 Å². The van der Waals surface area contributed by atoms with Crippen molar-refractivity contribution in [2.45, 2.75) is 46.5 Å². The van der Waals surface area contributed by atoms with Gasteiger partial charge in [0.15, 0.2) is 0 Å². The molecule has 0 amide bonds. The quantitative estimate of drug-likeness (QED) is 0.534. The van der Waals surface area contributed by atoms with Crippen LogP contribution in [-0.2, 0) is 0 Å². The molecule has 0 rings (SSSR count). The Bertz CT molecular complexity index is 117. The Kier molecular flexibility index (Phi) is 9.97. The van der Waals surface area contributed by atoms with Gasteiger partial charge in [-0.15, -0.1) is 11.6 Å². The van der Waals surface area contributed by atoms with E-state index < -0.39 is 0 Å². The lowest BCUT2D eigenvalue weighted by atomic mass is 10.0. The second-order valence-corrected chi connectivity index (χ2v) is 4.54. The van der Waals surface area contributed by atoms with E-state index in [1.165, 1.54) is 38.9 Å². The highest BCUT2D eigenvalue weighted by molar-refractivity contribution is 6.17. The minimum atomic E-state index is 0.781. The number of hydrogen-bond donors (Lipinski definition) is 0. The third-order valence-electron chi connectivity index (χ3n) is 2.82. The van der Waals surface area contributed by atoms with E-state index in [0.717, 1.165) is 18.2 Å². The molecule has 0 saturated carbocycles. The van der Waals surface area contributed by atoms with Crippen LogP contribution in [0.15, 0.2) is 0 Å². The van der Waals surface area contributed by atoms with Gasteiger partial charge in [-0.05, 0) is 44.8 Å². The van der Waals surface area contributed by atoms with E-state index in [1.807, 2.05) is 0 Å². The second kappa shape index (κ2) is 9.79. The van der Waals surface area contributed by atoms with Crippen molar-refractivity contribution in [3.05, 3.63) is 0 Å². The molecule has 0 aliphatic rings. The smallest absolute Gasteiger partial charge is 0.0225 e. The summed E-state index contributed by atoms with van der Waals surface area (Å²) in [5, 5.41) is 0. The first-order valence-corrected chi connectivity index (χ1v) is 6.56. The van der Waals surface area contributed by atoms with E-state index in [9.17, 15) is 0 Å². The molecule has 14 heavy (non-hydrogen) atoms. The molecular formula is C12H26ClN. The highest BCUT2D eigenvalue weighted by Gasteiger charge is 2.05. The molecule has 2 heteroatoms.